The zero-order valence-corrected chi connectivity index (χ0v) is 12.4. The van der Waals surface area contributed by atoms with Crippen LogP contribution in [-0.4, -0.2) is 24.6 Å². The summed E-state index contributed by atoms with van der Waals surface area (Å²) < 4.78 is 0. The molecule has 1 saturated carbocycles. The van der Waals surface area contributed by atoms with Crippen molar-refractivity contribution in [2.45, 2.75) is 38.8 Å². The highest BCUT2D eigenvalue weighted by Gasteiger charge is 2.20. The van der Waals surface area contributed by atoms with Gasteiger partial charge in [-0.2, -0.15) is 0 Å². The molecule has 106 valence electrons. The molecule has 1 heterocycles. The second-order valence-corrected chi connectivity index (χ2v) is 5.74. The van der Waals surface area contributed by atoms with Crippen molar-refractivity contribution in [1.82, 2.24) is 10.3 Å². The molecule has 1 aromatic carbocycles. The van der Waals surface area contributed by atoms with Gasteiger partial charge in [0.05, 0.1) is 5.69 Å². The van der Waals surface area contributed by atoms with E-state index in [4.69, 9.17) is 4.98 Å². The Balaban J connectivity index is 1.94. The van der Waals surface area contributed by atoms with E-state index in [0.717, 1.165) is 37.1 Å². The topological polar surface area (TPSA) is 28.2 Å². The summed E-state index contributed by atoms with van der Waals surface area (Å²) in [5, 5.41) is 6.09. The van der Waals surface area contributed by atoms with E-state index in [9.17, 15) is 0 Å². The van der Waals surface area contributed by atoms with Crippen LogP contribution in [0.1, 0.15) is 31.9 Å². The maximum atomic E-state index is 4.88. The molecule has 2 aromatic rings. The minimum absolute atomic E-state index is 0.722. The third-order valence-electron chi connectivity index (χ3n) is 3.84. The second-order valence-electron chi connectivity index (χ2n) is 5.74. The number of nitrogens with zero attached hydrogens (tertiary/aromatic N) is 2. The van der Waals surface area contributed by atoms with Gasteiger partial charge < -0.3 is 10.2 Å². The highest BCUT2D eigenvalue weighted by Crippen LogP contribution is 2.26. The largest absolute Gasteiger partial charge is 0.359 e. The SMILES string of the molecule is CCCN(C)c1nc(CNC2CC2)cc2ccccc12. The number of pyridine rings is 1. The number of aromatic nitrogens is 1. The summed E-state index contributed by atoms with van der Waals surface area (Å²) in [5.74, 6) is 1.11. The summed E-state index contributed by atoms with van der Waals surface area (Å²) in [6.45, 7) is 4.12. The summed E-state index contributed by atoms with van der Waals surface area (Å²) in [5.41, 5.74) is 1.15. The average Bonchev–Trinajstić information content (AvgIpc) is 3.28. The van der Waals surface area contributed by atoms with Gasteiger partial charge in [0.1, 0.15) is 5.82 Å². The number of fused-ring (bicyclic) bond motifs is 1. The van der Waals surface area contributed by atoms with Crippen LogP contribution in [-0.2, 0) is 6.54 Å². The zero-order chi connectivity index (χ0) is 13.9. The normalized spacial score (nSPS) is 14.7. The molecule has 0 bridgehead atoms. The first kappa shape index (κ1) is 13.4. The van der Waals surface area contributed by atoms with Gasteiger partial charge in [-0.1, -0.05) is 31.2 Å². The lowest BCUT2D eigenvalue weighted by Gasteiger charge is -2.20. The predicted octanol–water partition coefficient (Wildman–Crippen LogP) is 3.33. The number of benzene rings is 1. The molecule has 3 nitrogen and oxygen atoms in total. The molecular formula is C17H23N3. The van der Waals surface area contributed by atoms with E-state index < -0.39 is 0 Å². The fourth-order valence-electron chi connectivity index (χ4n) is 2.59. The summed E-state index contributed by atoms with van der Waals surface area (Å²) in [6, 6.07) is 11.5. The van der Waals surface area contributed by atoms with Gasteiger partial charge in [-0.15, -0.1) is 0 Å². The van der Waals surface area contributed by atoms with Crippen LogP contribution in [0.15, 0.2) is 30.3 Å². The van der Waals surface area contributed by atoms with Gasteiger partial charge in [0, 0.05) is 31.6 Å². The van der Waals surface area contributed by atoms with Gasteiger partial charge in [-0.3, -0.25) is 0 Å². The Morgan fingerprint density at radius 3 is 2.85 bits per heavy atom. The van der Waals surface area contributed by atoms with E-state index in [-0.39, 0.29) is 0 Å². The molecular weight excluding hydrogens is 246 g/mol. The molecule has 1 aliphatic carbocycles. The van der Waals surface area contributed by atoms with Crippen molar-refractivity contribution in [2.75, 3.05) is 18.5 Å². The van der Waals surface area contributed by atoms with Crippen LogP contribution in [0.5, 0.6) is 0 Å². The highest BCUT2D eigenvalue weighted by atomic mass is 15.2. The Hall–Kier alpha value is -1.61. The van der Waals surface area contributed by atoms with E-state index in [0.29, 0.717) is 0 Å². The molecule has 0 aliphatic heterocycles. The fraction of sp³-hybridized carbons (Fsp3) is 0.471. The van der Waals surface area contributed by atoms with Crippen LogP contribution < -0.4 is 10.2 Å². The average molecular weight is 269 g/mol. The molecule has 1 aliphatic rings. The Kier molecular flexibility index (Phi) is 3.88. The van der Waals surface area contributed by atoms with Crippen LogP contribution in [0.3, 0.4) is 0 Å². The Bertz CT molecular complexity index is 590. The molecule has 1 fully saturated rings. The summed E-state index contributed by atoms with van der Waals surface area (Å²) in [7, 11) is 2.14. The molecule has 1 N–H and O–H groups in total. The van der Waals surface area contributed by atoms with Gasteiger partial charge in [0.15, 0.2) is 0 Å². The van der Waals surface area contributed by atoms with Crippen LogP contribution in [0.2, 0.25) is 0 Å². The van der Waals surface area contributed by atoms with Gasteiger partial charge in [0.25, 0.3) is 0 Å². The third kappa shape index (κ3) is 2.93. The summed E-state index contributed by atoms with van der Waals surface area (Å²) in [6.07, 6.45) is 3.77. The van der Waals surface area contributed by atoms with E-state index in [1.54, 1.807) is 0 Å². The maximum Gasteiger partial charge on any atom is 0.136 e. The lowest BCUT2D eigenvalue weighted by molar-refractivity contribution is 0.674. The molecule has 20 heavy (non-hydrogen) atoms. The first-order chi connectivity index (χ1) is 9.78. The summed E-state index contributed by atoms with van der Waals surface area (Å²) in [4.78, 5) is 7.15. The van der Waals surface area contributed by atoms with Crippen molar-refractivity contribution in [3.8, 4) is 0 Å². The van der Waals surface area contributed by atoms with E-state index in [1.165, 1.54) is 23.6 Å². The zero-order valence-electron chi connectivity index (χ0n) is 12.4. The molecule has 0 spiro atoms. The molecule has 0 saturated heterocycles. The first-order valence-corrected chi connectivity index (χ1v) is 7.61. The van der Waals surface area contributed by atoms with Gasteiger partial charge in [-0.25, -0.2) is 4.98 Å². The Morgan fingerprint density at radius 2 is 2.10 bits per heavy atom. The quantitative estimate of drug-likeness (QED) is 0.872. The highest BCUT2D eigenvalue weighted by molar-refractivity contribution is 5.92. The van der Waals surface area contributed by atoms with Crippen molar-refractivity contribution in [3.05, 3.63) is 36.0 Å². The monoisotopic (exact) mass is 269 g/mol. The smallest absolute Gasteiger partial charge is 0.136 e. The lowest BCUT2D eigenvalue weighted by Crippen LogP contribution is -2.21. The van der Waals surface area contributed by atoms with Crippen molar-refractivity contribution < 1.29 is 0 Å². The molecule has 0 atom stereocenters. The number of hydrogen-bond donors (Lipinski definition) is 1. The minimum atomic E-state index is 0.722. The minimum Gasteiger partial charge on any atom is -0.359 e. The predicted molar refractivity (Wildman–Crippen MR) is 85.2 cm³/mol. The summed E-state index contributed by atoms with van der Waals surface area (Å²) >= 11 is 0. The van der Waals surface area contributed by atoms with E-state index in [1.807, 2.05) is 0 Å². The van der Waals surface area contributed by atoms with Crippen molar-refractivity contribution in [3.63, 3.8) is 0 Å². The molecule has 1 aromatic heterocycles. The van der Waals surface area contributed by atoms with E-state index >= 15 is 0 Å². The lowest BCUT2D eigenvalue weighted by atomic mass is 10.1. The van der Waals surface area contributed by atoms with Crippen molar-refractivity contribution in [2.24, 2.45) is 0 Å². The van der Waals surface area contributed by atoms with E-state index in [2.05, 4.69) is 54.5 Å². The molecule has 0 unspecified atom stereocenters. The molecule has 0 amide bonds. The Labute approximate surface area is 121 Å². The van der Waals surface area contributed by atoms with Crippen molar-refractivity contribution in [1.29, 1.82) is 0 Å². The number of nitrogens with one attached hydrogen (secondary N) is 1. The second kappa shape index (κ2) is 5.80. The van der Waals surface area contributed by atoms with Gasteiger partial charge >= 0.3 is 0 Å². The van der Waals surface area contributed by atoms with Crippen molar-refractivity contribution >= 4 is 16.6 Å². The number of rotatable bonds is 6. The first-order valence-electron chi connectivity index (χ1n) is 7.61. The maximum absolute atomic E-state index is 4.88. The van der Waals surface area contributed by atoms with Gasteiger partial charge in [-0.05, 0) is 30.7 Å². The molecule has 0 radical (unpaired) electrons. The number of anilines is 1. The van der Waals surface area contributed by atoms with Gasteiger partial charge in [0.2, 0.25) is 0 Å². The molecule has 3 heteroatoms. The fourth-order valence-corrected chi connectivity index (χ4v) is 2.59. The van der Waals surface area contributed by atoms with Crippen LogP contribution >= 0.6 is 0 Å². The number of hydrogen-bond acceptors (Lipinski definition) is 3. The van der Waals surface area contributed by atoms with Crippen LogP contribution in [0.4, 0.5) is 5.82 Å². The Morgan fingerprint density at radius 1 is 1.30 bits per heavy atom. The van der Waals surface area contributed by atoms with Crippen LogP contribution in [0.25, 0.3) is 10.8 Å². The molecule has 3 rings (SSSR count). The van der Waals surface area contributed by atoms with Crippen LogP contribution in [0, 0.1) is 0 Å². The standard InChI is InChI=1S/C17H23N3/c1-3-10-20(2)17-16-7-5-4-6-13(16)11-15(19-17)12-18-14-8-9-14/h4-7,11,14,18H,3,8-10,12H2,1-2H3. The third-order valence-corrected chi connectivity index (χ3v) is 3.84.